The minimum atomic E-state index is -0.450. The van der Waals surface area contributed by atoms with E-state index in [9.17, 15) is 9.59 Å². The summed E-state index contributed by atoms with van der Waals surface area (Å²) < 4.78 is 12.8. The Hall–Kier alpha value is -3.88. The molecule has 1 atom stereocenters. The van der Waals surface area contributed by atoms with Crippen molar-refractivity contribution in [2.24, 2.45) is 5.92 Å². The van der Waals surface area contributed by atoms with E-state index < -0.39 is 5.92 Å². The number of para-hydroxylation sites is 2. The summed E-state index contributed by atoms with van der Waals surface area (Å²) >= 11 is 0. The molecule has 2 heterocycles. The summed E-state index contributed by atoms with van der Waals surface area (Å²) in [5.74, 6) is 0.485. The van der Waals surface area contributed by atoms with Crippen LogP contribution in [-0.2, 0) is 16.1 Å². The van der Waals surface area contributed by atoms with Crippen LogP contribution in [0.15, 0.2) is 61.2 Å². The highest BCUT2D eigenvalue weighted by Crippen LogP contribution is 2.33. The Bertz CT molecular complexity index is 1050. The largest absolute Gasteiger partial charge is 0.495 e. The van der Waals surface area contributed by atoms with Gasteiger partial charge < -0.3 is 19.7 Å². The Morgan fingerprint density at radius 1 is 1.23 bits per heavy atom. The van der Waals surface area contributed by atoms with E-state index in [1.165, 1.54) is 6.33 Å². The number of ether oxygens (including phenoxy) is 2. The fraction of sp³-hybridized carbons (Fsp3) is 0.273. The molecule has 9 heteroatoms. The Morgan fingerprint density at radius 2 is 2.10 bits per heavy atom. The number of carbonyl (C=O) groups is 2. The third kappa shape index (κ3) is 4.82. The summed E-state index contributed by atoms with van der Waals surface area (Å²) in [5, 5.41) is 6.92. The van der Waals surface area contributed by atoms with Crippen LogP contribution in [0.2, 0.25) is 0 Å². The van der Waals surface area contributed by atoms with E-state index in [0.717, 1.165) is 0 Å². The summed E-state index contributed by atoms with van der Waals surface area (Å²) in [7, 11) is 1.56. The molecule has 1 unspecified atom stereocenters. The lowest BCUT2D eigenvalue weighted by Crippen LogP contribution is -2.28. The molecule has 9 nitrogen and oxygen atoms in total. The number of hydrogen-bond acceptors (Lipinski definition) is 6. The van der Waals surface area contributed by atoms with E-state index in [0.29, 0.717) is 42.6 Å². The van der Waals surface area contributed by atoms with E-state index in [1.54, 1.807) is 47.3 Å². The summed E-state index contributed by atoms with van der Waals surface area (Å²) in [6.45, 7) is 1.30. The molecule has 3 aromatic rings. The highest BCUT2D eigenvalue weighted by Gasteiger charge is 2.36. The molecule has 1 saturated heterocycles. The van der Waals surface area contributed by atoms with Crippen molar-refractivity contribution in [1.29, 1.82) is 0 Å². The average molecular weight is 421 g/mol. The second kappa shape index (κ2) is 9.29. The Labute approximate surface area is 179 Å². The molecule has 0 aliphatic carbocycles. The summed E-state index contributed by atoms with van der Waals surface area (Å²) in [5.41, 5.74) is 1.29. The smallest absolute Gasteiger partial charge is 0.229 e. The van der Waals surface area contributed by atoms with Gasteiger partial charge in [0, 0.05) is 24.7 Å². The number of rotatable bonds is 8. The van der Waals surface area contributed by atoms with Crippen molar-refractivity contribution < 1.29 is 19.1 Å². The number of amides is 2. The zero-order valence-corrected chi connectivity index (χ0v) is 17.1. The summed E-state index contributed by atoms with van der Waals surface area (Å²) in [4.78, 5) is 30.8. The van der Waals surface area contributed by atoms with Crippen molar-refractivity contribution in [2.45, 2.75) is 13.0 Å². The van der Waals surface area contributed by atoms with Crippen LogP contribution >= 0.6 is 0 Å². The van der Waals surface area contributed by atoms with Gasteiger partial charge in [-0.2, -0.15) is 5.10 Å². The molecule has 0 saturated carbocycles. The van der Waals surface area contributed by atoms with E-state index in [4.69, 9.17) is 9.47 Å². The van der Waals surface area contributed by atoms with Crippen LogP contribution in [0, 0.1) is 5.92 Å². The SMILES string of the molecule is COc1ccccc1N1CC(C(=O)Nc2cccc(OCCn3cncn3)c2)CC1=O. The van der Waals surface area contributed by atoms with E-state index in [-0.39, 0.29) is 18.2 Å². The van der Waals surface area contributed by atoms with Gasteiger partial charge in [-0.1, -0.05) is 18.2 Å². The van der Waals surface area contributed by atoms with E-state index >= 15 is 0 Å². The first-order chi connectivity index (χ1) is 15.1. The molecule has 1 aliphatic heterocycles. The van der Waals surface area contributed by atoms with Gasteiger partial charge in [0.05, 0.1) is 25.3 Å². The molecular weight excluding hydrogens is 398 g/mol. The minimum absolute atomic E-state index is 0.102. The zero-order chi connectivity index (χ0) is 21.6. The molecule has 4 rings (SSSR count). The molecule has 1 aromatic heterocycles. The molecule has 0 radical (unpaired) electrons. The maximum atomic E-state index is 12.8. The zero-order valence-electron chi connectivity index (χ0n) is 17.1. The molecule has 1 fully saturated rings. The van der Waals surface area contributed by atoms with Crippen LogP contribution in [0.25, 0.3) is 0 Å². The molecule has 2 amide bonds. The molecule has 2 aromatic carbocycles. The molecule has 0 spiro atoms. The molecule has 31 heavy (non-hydrogen) atoms. The van der Waals surface area contributed by atoms with E-state index in [1.807, 2.05) is 24.3 Å². The van der Waals surface area contributed by atoms with Gasteiger partial charge in [-0.25, -0.2) is 9.67 Å². The Morgan fingerprint density at radius 3 is 2.90 bits per heavy atom. The topological polar surface area (TPSA) is 98.6 Å². The number of anilines is 2. The van der Waals surface area contributed by atoms with Gasteiger partial charge in [0.1, 0.15) is 30.8 Å². The van der Waals surface area contributed by atoms with Crippen molar-refractivity contribution in [2.75, 3.05) is 30.5 Å². The van der Waals surface area contributed by atoms with Crippen molar-refractivity contribution in [3.05, 3.63) is 61.2 Å². The standard InChI is InChI=1S/C22H23N5O4/c1-30-20-8-3-2-7-19(20)27-13-16(11-21(27)28)22(29)25-17-5-4-6-18(12-17)31-10-9-26-15-23-14-24-26/h2-8,12,14-16H,9-11,13H2,1H3,(H,25,29). The first-order valence-corrected chi connectivity index (χ1v) is 9.93. The molecular formula is C22H23N5O4. The Balaban J connectivity index is 1.35. The first kappa shape index (κ1) is 20.4. The summed E-state index contributed by atoms with van der Waals surface area (Å²) in [6, 6.07) is 14.5. The van der Waals surface area contributed by atoms with Gasteiger partial charge >= 0.3 is 0 Å². The third-order valence-corrected chi connectivity index (χ3v) is 5.03. The molecule has 160 valence electrons. The van der Waals surface area contributed by atoms with Crippen LogP contribution in [-0.4, -0.2) is 46.8 Å². The average Bonchev–Trinajstić information content (AvgIpc) is 3.44. The van der Waals surface area contributed by atoms with Gasteiger partial charge in [0.25, 0.3) is 0 Å². The second-order valence-corrected chi connectivity index (χ2v) is 7.10. The second-order valence-electron chi connectivity index (χ2n) is 7.10. The fourth-order valence-electron chi connectivity index (χ4n) is 3.48. The lowest BCUT2D eigenvalue weighted by Gasteiger charge is -2.19. The van der Waals surface area contributed by atoms with Crippen molar-refractivity contribution >= 4 is 23.2 Å². The lowest BCUT2D eigenvalue weighted by molar-refractivity contribution is -0.122. The first-order valence-electron chi connectivity index (χ1n) is 9.93. The quantitative estimate of drug-likeness (QED) is 0.600. The number of aromatic nitrogens is 3. The number of nitrogens with one attached hydrogen (secondary N) is 1. The highest BCUT2D eigenvalue weighted by atomic mass is 16.5. The van der Waals surface area contributed by atoms with Crippen LogP contribution in [0.5, 0.6) is 11.5 Å². The van der Waals surface area contributed by atoms with Gasteiger partial charge in [-0.05, 0) is 24.3 Å². The maximum Gasteiger partial charge on any atom is 0.229 e. The van der Waals surface area contributed by atoms with Crippen LogP contribution in [0.3, 0.4) is 0 Å². The Kier molecular flexibility index (Phi) is 6.11. The number of hydrogen-bond donors (Lipinski definition) is 1. The highest BCUT2D eigenvalue weighted by molar-refractivity contribution is 6.04. The van der Waals surface area contributed by atoms with Gasteiger partial charge in [-0.3, -0.25) is 9.59 Å². The lowest BCUT2D eigenvalue weighted by atomic mass is 10.1. The monoisotopic (exact) mass is 421 g/mol. The van der Waals surface area contributed by atoms with Crippen molar-refractivity contribution in [1.82, 2.24) is 14.8 Å². The fourth-order valence-corrected chi connectivity index (χ4v) is 3.48. The third-order valence-electron chi connectivity index (χ3n) is 5.03. The molecule has 0 bridgehead atoms. The number of carbonyl (C=O) groups excluding carboxylic acids is 2. The number of methoxy groups -OCH3 is 1. The van der Waals surface area contributed by atoms with Gasteiger partial charge in [0.15, 0.2) is 0 Å². The normalized spacial score (nSPS) is 15.7. The molecule has 1 N–H and O–H groups in total. The number of benzene rings is 2. The number of nitrogens with zero attached hydrogens (tertiary/aromatic N) is 4. The van der Waals surface area contributed by atoms with Gasteiger partial charge in [0.2, 0.25) is 11.8 Å². The minimum Gasteiger partial charge on any atom is -0.495 e. The predicted molar refractivity (Wildman–Crippen MR) is 114 cm³/mol. The van der Waals surface area contributed by atoms with Gasteiger partial charge in [-0.15, -0.1) is 0 Å². The van der Waals surface area contributed by atoms with Crippen molar-refractivity contribution in [3.63, 3.8) is 0 Å². The van der Waals surface area contributed by atoms with E-state index in [2.05, 4.69) is 15.4 Å². The van der Waals surface area contributed by atoms with Crippen molar-refractivity contribution in [3.8, 4) is 11.5 Å². The molecule has 1 aliphatic rings. The van der Waals surface area contributed by atoms with Crippen LogP contribution < -0.4 is 19.7 Å². The summed E-state index contributed by atoms with van der Waals surface area (Å²) in [6.07, 6.45) is 3.24. The van der Waals surface area contributed by atoms with Crippen LogP contribution in [0.1, 0.15) is 6.42 Å². The predicted octanol–water partition coefficient (Wildman–Crippen LogP) is 2.36. The maximum absolute atomic E-state index is 12.8. The van der Waals surface area contributed by atoms with Crippen LogP contribution in [0.4, 0.5) is 11.4 Å².